The standard InChI is InChI=1S/C13H27BrS/c1-2-3-12-15-13-10-8-6-4-5-7-9-11-14/h2-13H2,1H3. The summed E-state index contributed by atoms with van der Waals surface area (Å²) in [7, 11) is 0. The molecule has 0 saturated carbocycles. The van der Waals surface area contributed by atoms with E-state index < -0.39 is 0 Å². The van der Waals surface area contributed by atoms with Gasteiger partial charge in [-0.2, -0.15) is 11.8 Å². The van der Waals surface area contributed by atoms with E-state index in [0.29, 0.717) is 0 Å². The predicted molar refractivity (Wildman–Crippen MR) is 78.3 cm³/mol. The molecule has 0 saturated heterocycles. The molecule has 0 rings (SSSR count). The summed E-state index contributed by atoms with van der Waals surface area (Å²) in [5.41, 5.74) is 0. The Hall–Kier alpha value is 0.830. The second-order valence-electron chi connectivity index (χ2n) is 4.13. The summed E-state index contributed by atoms with van der Waals surface area (Å²) in [6.07, 6.45) is 12.7. The number of halogens is 1. The van der Waals surface area contributed by atoms with Gasteiger partial charge in [-0.25, -0.2) is 0 Å². The van der Waals surface area contributed by atoms with Crippen molar-refractivity contribution in [2.45, 2.75) is 64.7 Å². The minimum Gasteiger partial charge on any atom is -0.162 e. The molecule has 15 heavy (non-hydrogen) atoms. The van der Waals surface area contributed by atoms with Gasteiger partial charge >= 0.3 is 0 Å². The third kappa shape index (κ3) is 14.8. The fourth-order valence-electron chi connectivity index (χ4n) is 1.53. The Morgan fingerprint density at radius 3 is 1.87 bits per heavy atom. The molecular weight excluding hydrogens is 268 g/mol. The van der Waals surface area contributed by atoms with E-state index in [1.54, 1.807) is 0 Å². The third-order valence-electron chi connectivity index (χ3n) is 2.56. The molecule has 0 heterocycles. The number of hydrogen-bond donors (Lipinski definition) is 0. The Kier molecular flexibility index (Phi) is 15.7. The predicted octanol–water partition coefficient (Wildman–Crippen LogP) is 5.65. The highest BCUT2D eigenvalue weighted by atomic mass is 79.9. The minimum atomic E-state index is 1.18. The van der Waals surface area contributed by atoms with Gasteiger partial charge in [0.05, 0.1) is 0 Å². The first-order valence-corrected chi connectivity index (χ1v) is 8.83. The van der Waals surface area contributed by atoms with Crippen LogP contribution in [0, 0.1) is 0 Å². The van der Waals surface area contributed by atoms with Gasteiger partial charge in [0.25, 0.3) is 0 Å². The van der Waals surface area contributed by atoms with Crippen molar-refractivity contribution >= 4 is 27.7 Å². The van der Waals surface area contributed by atoms with Crippen LogP contribution >= 0.6 is 27.7 Å². The van der Waals surface area contributed by atoms with Crippen LogP contribution in [0.5, 0.6) is 0 Å². The van der Waals surface area contributed by atoms with Gasteiger partial charge in [-0.1, -0.05) is 61.4 Å². The van der Waals surface area contributed by atoms with E-state index in [4.69, 9.17) is 0 Å². The molecule has 0 aliphatic carbocycles. The van der Waals surface area contributed by atoms with Crippen LogP contribution in [0.1, 0.15) is 64.7 Å². The van der Waals surface area contributed by atoms with Crippen molar-refractivity contribution in [3.05, 3.63) is 0 Å². The fourth-order valence-corrected chi connectivity index (χ4v) is 3.03. The number of hydrogen-bond acceptors (Lipinski definition) is 1. The average molecular weight is 295 g/mol. The molecular formula is C13H27BrS. The maximum absolute atomic E-state index is 3.47. The molecule has 0 aliphatic rings. The summed E-state index contributed by atoms with van der Waals surface area (Å²) < 4.78 is 0. The summed E-state index contributed by atoms with van der Waals surface area (Å²) in [4.78, 5) is 0. The van der Waals surface area contributed by atoms with Crippen molar-refractivity contribution in [2.24, 2.45) is 0 Å². The second-order valence-corrected chi connectivity index (χ2v) is 6.15. The first kappa shape index (κ1) is 15.8. The van der Waals surface area contributed by atoms with Gasteiger partial charge in [-0.3, -0.25) is 0 Å². The molecule has 0 aromatic carbocycles. The highest BCUT2D eigenvalue weighted by Gasteiger charge is 1.92. The fraction of sp³-hybridized carbons (Fsp3) is 1.00. The largest absolute Gasteiger partial charge is 0.162 e. The van der Waals surface area contributed by atoms with E-state index in [1.807, 2.05) is 0 Å². The first-order chi connectivity index (χ1) is 7.41. The second kappa shape index (κ2) is 14.8. The van der Waals surface area contributed by atoms with Crippen LogP contribution in [0.4, 0.5) is 0 Å². The summed E-state index contributed by atoms with van der Waals surface area (Å²) in [5.74, 6) is 2.77. The van der Waals surface area contributed by atoms with Gasteiger partial charge in [0.2, 0.25) is 0 Å². The van der Waals surface area contributed by atoms with E-state index in [1.165, 1.54) is 74.6 Å². The lowest BCUT2D eigenvalue weighted by molar-refractivity contribution is 0.606. The molecule has 2 heteroatoms. The molecule has 0 nitrogen and oxygen atoms in total. The summed E-state index contributed by atoms with van der Waals surface area (Å²) in [6, 6.07) is 0. The number of thioether (sulfide) groups is 1. The normalized spacial score (nSPS) is 10.8. The Labute approximate surface area is 109 Å². The van der Waals surface area contributed by atoms with E-state index >= 15 is 0 Å². The zero-order chi connectivity index (χ0) is 11.2. The summed E-state index contributed by atoms with van der Waals surface area (Å²) in [5, 5.41) is 1.18. The van der Waals surface area contributed by atoms with Crippen molar-refractivity contribution in [1.29, 1.82) is 0 Å². The monoisotopic (exact) mass is 294 g/mol. The van der Waals surface area contributed by atoms with Crippen LogP contribution in [0.2, 0.25) is 0 Å². The van der Waals surface area contributed by atoms with E-state index in [-0.39, 0.29) is 0 Å². The molecule has 0 aromatic rings. The smallest absolute Gasteiger partial charge is 0.00313 e. The topological polar surface area (TPSA) is 0 Å². The van der Waals surface area contributed by atoms with Gasteiger partial charge in [0.1, 0.15) is 0 Å². The van der Waals surface area contributed by atoms with Crippen molar-refractivity contribution < 1.29 is 0 Å². The van der Waals surface area contributed by atoms with Gasteiger partial charge < -0.3 is 0 Å². The lowest BCUT2D eigenvalue weighted by atomic mass is 10.1. The van der Waals surface area contributed by atoms with Crippen LogP contribution in [0.25, 0.3) is 0 Å². The Morgan fingerprint density at radius 1 is 0.733 bits per heavy atom. The molecule has 0 aromatic heterocycles. The highest BCUT2D eigenvalue weighted by molar-refractivity contribution is 9.09. The maximum Gasteiger partial charge on any atom is 0.00313 e. The molecule has 0 aliphatic heterocycles. The van der Waals surface area contributed by atoms with Crippen LogP contribution in [-0.4, -0.2) is 16.8 Å². The van der Waals surface area contributed by atoms with Crippen molar-refractivity contribution in [1.82, 2.24) is 0 Å². The van der Waals surface area contributed by atoms with Gasteiger partial charge in [0.15, 0.2) is 0 Å². The van der Waals surface area contributed by atoms with Crippen LogP contribution in [0.3, 0.4) is 0 Å². The molecule has 0 amide bonds. The van der Waals surface area contributed by atoms with Crippen LogP contribution in [-0.2, 0) is 0 Å². The summed E-state index contributed by atoms with van der Waals surface area (Å²) >= 11 is 5.61. The zero-order valence-electron chi connectivity index (χ0n) is 10.3. The number of unbranched alkanes of at least 4 members (excludes halogenated alkanes) is 7. The molecule has 0 radical (unpaired) electrons. The molecule has 0 spiro atoms. The van der Waals surface area contributed by atoms with Gasteiger partial charge in [0, 0.05) is 5.33 Å². The van der Waals surface area contributed by atoms with Gasteiger partial charge in [-0.15, -0.1) is 0 Å². The Balaban J connectivity index is 2.81. The van der Waals surface area contributed by atoms with E-state index in [9.17, 15) is 0 Å². The summed E-state index contributed by atoms with van der Waals surface area (Å²) in [6.45, 7) is 2.27. The maximum atomic E-state index is 3.47. The van der Waals surface area contributed by atoms with E-state index in [0.717, 1.165) is 0 Å². The van der Waals surface area contributed by atoms with Crippen molar-refractivity contribution in [3.63, 3.8) is 0 Å². The lowest BCUT2D eigenvalue weighted by Gasteiger charge is -2.01. The van der Waals surface area contributed by atoms with Crippen LogP contribution in [0.15, 0.2) is 0 Å². The molecule has 0 N–H and O–H groups in total. The Morgan fingerprint density at radius 2 is 1.27 bits per heavy atom. The average Bonchev–Trinajstić information content (AvgIpc) is 2.26. The number of rotatable bonds is 12. The molecule has 0 unspecified atom stereocenters. The molecule has 0 fully saturated rings. The number of alkyl halides is 1. The lowest BCUT2D eigenvalue weighted by Crippen LogP contribution is -1.85. The van der Waals surface area contributed by atoms with E-state index in [2.05, 4.69) is 34.6 Å². The SMILES string of the molecule is CCCCSCCCCCCCCCBr. The van der Waals surface area contributed by atoms with Crippen molar-refractivity contribution in [2.75, 3.05) is 16.8 Å². The van der Waals surface area contributed by atoms with Crippen LogP contribution < -0.4 is 0 Å². The third-order valence-corrected chi connectivity index (χ3v) is 4.28. The Bertz CT molecular complexity index is 94.7. The first-order valence-electron chi connectivity index (χ1n) is 6.55. The molecule has 0 bridgehead atoms. The molecule has 0 atom stereocenters. The quantitative estimate of drug-likeness (QED) is 0.331. The zero-order valence-corrected chi connectivity index (χ0v) is 12.7. The minimum absolute atomic E-state index is 1.18. The highest BCUT2D eigenvalue weighted by Crippen LogP contribution is 2.11. The molecule has 92 valence electrons. The van der Waals surface area contributed by atoms with Crippen molar-refractivity contribution in [3.8, 4) is 0 Å². The van der Waals surface area contributed by atoms with Gasteiger partial charge in [-0.05, 0) is 30.8 Å².